The van der Waals surface area contributed by atoms with Crippen LogP contribution in [0.5, 0.6) is 11.5 Å². The van der Waals surface area contributed by atoms with Crippen LogP contribution in [0.25, 0.3) is 0 Å². The Balaban J connectivity index is 1.66. The minimum atomic E-state index is -0.546. The van der Waals surface area contributed by atoms with Gasteiger partial charge in [-0.05, 0) is 48.6 Å². The number of carbonyl (C=O) groups excluding carboxylic acids is 2. The number of thiophene rings is 1. The molecule has 0 fully saturated rings. The maximum Gasteiger partial charge on any atom is 0.327 e. The maximum absolute atomic E-state index is 14.0. The van der Waals surface area contributed by atoms with E-state index in [9.17, 15) is 9.59 Å². The molecule has 5 rings (SSSR count). The van der Waals surface area contributed by atoms with E-state index in [0.717, 1.165) is 29.1 Å². The molecule has 8 heteroatoms. The van der Waals surface area contributed by atoms with Gasteiger partial charge in [0, 0.05) is 28.6 Å². The number of urea groups is 1. The number of allylic oxidation sites excluding steroid dienone is 1. The number of hydrogen-bond donors (Lipinski definition) is 2. The van der Waals surface area contributed by atoms with Crippen molar-refractivity contribution in [2.75, 3.05) is 29.8 Å². The lowest BCUT2D eigenvalue weighted by atomic mass is 9.88. The van der Waals surface area contributed by atoms with Crippen molar-refractivity contribution in [3.05, 3.63) is 76.1 Å². The van der Waals surface area contributed by atoms with E-state index in [-0.39, 0.29) is 11.8 Å². The molecule has 7 nitrogen and oxygen atoms in total. The number of anilines is 3. The number of para-hydroxylation sites is 2. The molecule has 0 saturated heterocycles. The Morgan fingerprint density at radius 2 is 1.94 bits per heavy atom. The first kappa shape index (κ1) is 22.0. The predicted molar refractivity (Wildman–Crippen MR) is 134 cm³/mol. The first-order valence-electron chi connectivity index (χ1n) is 11.1. The average molecular weight is 476 g/mol. The molecule has 2 N–H and O–H groups in total. The smallest absolute Gasteiger partial charge is 0.327 e. The number of rotatable bonds is 4. The summed E-state index contributed by atoms with van der Waals surface area (Å²) in [7, 11) is 3.12. The summed E-state index contributed by atoms with van der Waals surface area (Å²) in [4.78, 5) is 29.9. The summed E-state index contributed by atoms with van der Waals surface area (Å²) in [5, 5.41) is 8.44. The first-order valence-corrected chi connectivity index (χ1v) is 12.0. The molecule has 1 atom stereocenters. The molecule has 1 aliphatic carbocycles. The molecule has 0 saturated carbocycles. The number of nitrogens with one attached hydrogen (secondary N) is 2. The molecule has 34 heavy (non-hydrogen) atoms. The zero-order valence-corrected chi connectivity index (χ0v) is 19.8. The highest BCUT2D eigenvalue weighted by molar-refractivity contribution is 7.10. The van der Waals surface area contributed by atoms with Crippen LogP contribution < -0.4 is 25.0 Å². The van der Waals surface area contributed by atoms with Crippen molar-refractivity contribution >= 4 is 40.2 Å². The van der Waals surface area contributed by atoms with Crippen molar-refractivity contribution in [1.29, 1.82) is 0 Å². The molecule has 1 aliphatic heterocycles. The molecule has 3 aromatic rings. The fourth-order valence-electron chi connectivity index (χ4n) is 4.56. The lowest BCUT2D eigenvalue weighted by molar-refractivity contribution is -0.116. The van der Waals surface area contributed by atoms with Crippen LogP contribution in [0.3, 0.4) is 0 Å². The Morgan fingerprint density at radius 1 is 1.09 bits per heavy atom. The molecular weight excluding hydrogens is 450 g/mol. The van der Waals surface area contributed by atoms with Crippen molar-refractivity contribution in [3.8, 4) is 11.5 Å². The number of methoxy groups -OCH3 is 2. The predicted octanol–water partition coefficient (Wildman–Crippen LogP) is 5.98. The number of hydrogen-bond acceptors (Lipinski definition) is 6. The van der Waals surface area contributed by atoms with Crippen LogP contribution in [0.1, 0.15) is 30.2 Å². The molecule has 2 heterocycles. The van der Waals surface area contributed by atoms with Gasteiger partial charge in [0.05, 0.1) is 31.3 Å². The zero-order valence-electron chi connectivity index (χ0n) is 19.0. The number of amides is 2. The number of benzene rings is 2. The largest absolute Gasteiger partial charge is 0.497 e. The molecule has 1 aromatic heterocycles. The molecule has 174 valence electrons. The van der Waals surface area contributed by atoms with Gasteiger partial charge >= 0.3 is 6.03 Å². The lowest BCUT2D eigenvalue weighted by Crippen LogP contribution is -2.40. The molecule has 2 aromatic carbocycles. The number of ketones is 1. The third-order valence-corrected chi connectivity index (χ3v) is 7.04. The van der Waals surface area contributed by atoms with Crippen molar-refractivity contribution in [2.45, 2.75) is 25.3 Å². The molecule has 2 amide bonds. The summed E-state index contributed by atoms with van der Waals surface area (Å²) < 4.78 is 10.8. The Labute approximate surface area is 202 Å². The van der Waals surface area contributed by atoms with Gasteiger partial charge in [-0.2, -0.15) is 0 Å². The molecule has 1 unspecified atom stereocenters. The Kier molecular flexibility index (Phi) is 5.98. The van der Waals surface area contributed by atoms with Gasteiger partial charge in [0.2, 0.25) is 0 Å². The summed E-state index contributed by atoms with van der Waals surface area (Å²) in [5.74, 6) is 1.17. The van der Waals surface area contributed by atoms with Gasteiger partial charge in [-0.15, -0.1) is 11.3 Å². The van der Waals surface area contributed by atoms with Gasteiger partial charge in [0.15, 0.2) is 5.78 Å². The molecule has 0 spiro atoms. The van der Waals surface area contributed by atoms with Crippen LogP contribution in [0.2, 0.25) is 0 Å². The topological polar surface area (TPSA) is 79.9 Å². The van der Waals surface area contributed by atoms with E-state index < -0.39 is 6.04 Å². The van der Waals surface area contributed by atoms with E-state index in [1.165, 1.54) is 11.3 Å². The van der Waals surface area contributed by atoms with Crippen LogP contribution in [-0.2, 0) is 4.79 Å². The van der Waals surface area contributed by atoms with Gasteiger partial charge in [0.25, 0.3) is 0 Å². The highest BCUT2D eigenvalue weighted by Gasteiger charge is 2.40. The molecule has 0 radical (unpaired) electrons. The van der Waals surface area contributed by atoms with Gasteiger partial charge in [-0.1, -0.05) is 18.2 Å². The van der Waals surface area contributed by atoms with Crippen molar-refractivity contribution in [2.24, 2.45) is 0 Å². The second-order valence-corrected chi connectivity index (χ2v) is 9.07. The van der Waals surface area contributed by atoms with E-state index in [2.05, 4.69) is 10.6 Å². The monoisotopic (exact) mass is 475 g/mol. The number of fused-ring (bicyclic) bond motifs is 1. The Bertz CT molecular complexity index is 1270. The summed E-state index contributed by atoms with van der Waals surface area (Å²) in [6, 6.07) is 15.9. The highest BCUT2D eigenvalue weighted by Crippen LogP contribution is 2.46. The van der Waals surface area contributed by atoms with Gasteiger partial charge < -0.3 is 20.1 Å². The molecule has 0 bridgehead atoms. The van der Waals surface area contributed by atoms with E-state index in [1.807, 2.05) is 41.8 Å². The van der Waals surface area contributed by atoms with Crippen LogP contribution in [0.4, 0.5) is 21.9 Å². The molecular formula is C26H25N3O4S. The van der Waals surface area contributed by atoms with Gasteiger partial charge in [-0.25, -0.2) is 4.79 Å². The normalized spacial score (nSPS) is 17.3. The lowest BCUT2D eigenvalue weighted by Gasteiger charge is -2.33. The van der Waals surface area contributed by atoms with Crippen LogP contribution in [0, 0.1) is 0 Å². The standard InChI is InChI=1S/C26H25N3O4S/c1-32-16-12-13-22(33-2)19(15-16)28-26(31)29-20-9-4-3-7-17(20)27-18-8-5-10-21(30)24(18)25(29)23-11-6-14-34-23/h3-4,6-7,9,11-15,25,27H,5,8,10H2,1-2H3,(H,28,31). The first-order chi connectivity index (χ1) is 16.6. The highest BCUT2D eigenvalue weighted by atomic mass is 32.1. The fourth-order valence-corrected chi connectivity index (χ4v) is 5.38. The van der Waals surface area contributed by atoms with Crippen molar-refractivity contribution in [3.63, 3.8) is 0 Å². The number of nitrogens with zero attached hydrogens (tertiary/aromatic N) is 1. The van der Waals surface area contributed by atoms with E-state index in [4.69, 9.17) is 9.47 Å². The minimum absolute atomic E-state index is 0.0664. The third kappa shape index (κ3) is 3.90. The summed E-state index contributed by atoms with van der Waals surface area (Å²) in [5.41, 5.74) is 3.50. The number of Topliss-reactive ketones (excluding diaryl/α,β-unsaturated/α-hetero) is 1. The van der Waals surface area contributed by atoms with Crippen molar-refractivity contribution in [1.82, 2.24) is 0 Å². The minimum Gasteiger partial charge on any atom is -0.497 e. The fraction of sp³-hybridized carbons (Fsp3) is 0.231. The number of carbonyl (C=O) groups is 2. The van der Waals surface area contributed by atoms with E-state index >= 15 is 0 Å². The second kappa shape index (κ2) is 9.23. The average Bonchev–Trinajstić information content (AvgIpc) is 3.33. The summed E-state index contributed by atoms with van der Waals surface area (Å²) in [6.45, 7) is 0. The summed E-state index contributed by atoms with van der Waals surface area (Å²) >= 11 is 1.53. The Morgan fingerprint density at radius 3 is 2.71 bits per heavy atom. The summed E-state index contributed by atoms with van der Waals surface area (Å²) in [6.07, 6.45) is 2.02. The maximum atomic E-state index is 14.0. The Hall–Kier alpha value is -3.78. The molecule has 2 aliphatic rings. The van der Waals surface area contributed by atoms with E-state index in [1.54, 1.807) is 37.3 Å². The quantitative estimate of drug-likeness (QED) is 0.485. The van der Waals surface area contributed by atoms with Crippen LogP contribution >= 0.6 is 11.3 Å². The third-order valence-electron chi connectivity index (χ3n) is 6.12. The van der Waals surface area contributed by atoms with E-state index in [0.29, 0.717) is 34.9 Å². The van der Waals surface area contributed by atoms with Gasteiger partial charge in [0.1, 0.15) is 17.5 Å². The van der Waals surface area contributed by atoms with Gasteiger partial charge in [-0.3, -0.25) is 9.69 Å². The van der Waals surface area contributed by atoms with Crippen LogP contribution in [0.15, 0.2) is 71.2 Å². The van der Waals surface area contributed by atoms with Crippen molar-refractivity contribution < 1.29 is 19.1 Å². The SMILES string of the molecule is COc1ccc(OC)c(NC(=O)N2c3ccccc3NC3=C(C(=O)CCC3)C2c2cccs2)c1. The second-order valence-electron chi connectivity index (χ2n) is 8.10. The van der Waals surface area contributed by atoms with Crippen LogP contribution in [-0.4, -0.2) is 26.0 Å². The number of ether oxygens (including phenoxy) is 2. The zero-order chi connectivity index (χ0) is 23.7.